The van der Waals surface area contributed by atoms with Crippen molar-refractivity contribution in [1.29, 1.82) is 0 Å². The maximum atomic E-state index is 11.9. The van der Waals surface area contributed by atoms with Gasteiger partial charge in [0.1, 0.15) is 6.54 Å². The Balaban J connectivity index is 1.62. The van der Waals surface area contributed by atoms with E-state index in [0.29, 0.717) is 5.02 Å². The highest BCUT2D eigenvalue weighted by molar-refractivity contribution is 6.30. The molecule has 0 atom stereocenters. The number of nitrogens with zero attached hydrogens (tertiary/aromatic N) is 3. The maximum Gasteiger partial charge on any atom is 0.260 e. The van der Waals surface area contributed by atoms with Gasteiger partial charge < -0.3 is 4.57 Å². The molecule has 0 aliphatic heterocycles. The van der Waals surface area contributed by atoms with E-state index in [2.05, 4.69) is 15.5 Å². The zero-order valence-electron chi connectivity index (χ0n) is 11.6. The molecule has 3 aromatic rings. The summed E-state index contributed by atoms with van der Waals surface area (Å²) in [4.78, 5) is 16.1. The molecule has 0 aliphatic rings. The van der Waals surface area contributed by atoms with Crippen LogP contribution in [0.25, 0.3) is 11.0 Å². The first-order valence-corrected chi connectivity index (χ1v) is 7.07. The number of hydrogen-bond donors (Lipinski definition) is 1. The third-order valence-electron chi connectivity index (χ3n) is 3.11. The Kier molecular flexibility index (Phi) is 4.16. The van der Waals surface area contributed by atoms with Crippen LogP contribution in [0.2, 0.25) is 5.02 Å². The lowest BCUT2D eigenvalue weighted by atomic mass is 10.2. The summed E-state index contributed by atoms with van der Waals surface area (Å²) < 4.78 is 1.78. The van der Waals surface area contributed by atoms with E-state index in [1.165, 1.54) is 0 Å². The van der Waals surface area contributed by atoms with Gasteiger partial charge in [0, 0.05) is 5.02 Å². The number of carbonyl (C=O) groups excluding carboxylic acids is 1. The van der Waals surface area contributed by atoms with Crippen LogP contribution in [0.3, 0.4) is 0 Å². The van der Waals surface area contributed by atoms with E-state index in [4.69, 9.17) is 11.6 Å². The van der Waals surface area contributed by atoms with Crippen molar-refractivity contribution in [2.45, 2.75) is 6.54 Å². The average Bonchev–Trinajstić information content (AvgIpc) is 2.93. The second kappa shape index (κ2) is 6.41. The van der Waals surface area contributed by atoms with Crippen molar-refractivity contribution in [2.75, 3.05) is 0 Å². The topological polar surface area (TPSA) is 59.3 Å². The molecule has 110 valence electrons. The van der Waals surface area contributed by atoms with Crippen LogP contribution >= 0.6 is 11.6 Å². The second-order valence-electron chi connectivity index (χ2n) is 4.71. The van der Waals surface area contributed by atoms with E-state index < -0.39 is 0 Å². The van der Waals surface area contributed by atoms with Gasteiger partial charge in [0.25, 0.3) is 5.91 Å². The highest BCUT2D eigenvalue weighted by Gasteiger charge is 2.05. The van der Waals surface area contributed by atoms with Crippen molar-refractivity contribution in [3.8, 4) is 0 Å². The number of carbonyl (C=O) groups is 1. The summed E-state index contributed by atoms with van der Waals surface area (Å²) in [6, 6.07) is 14.8. The molecule has 3 rings (SSSR count). The molecule has 6 heteroatoms. The molecule has 0 fully saturated rings. The summed E-state index contributed by atoms with van der Waals surface area (Å²) in [6.45, 7) is 0.165. The van der Waals surface area contributed by atoms with Crippen molar-refractivity contribution in [2.24, 2.45) is 5.10 Å². The van der Waals surface area contributed by atoms with Crippen LogP contribution in [0.15, 0.2) is 60.0 Å². The van der Waals surface area contributed by atoms with Crippen LogP contribution in [0.1, 0.15) is 5.56 Å². The number of amides is 1. The quantitative estimate of drug-likeness (QED) is 0.595. The lowest BCUT2D eigenvalue weighted by molar-refractivity contribution is -0.121. The summed E-state index contributed by atoms with van der Waals surface area (Å²) >= 11 is 5.80. The molecule has 0 unspecified atom stereocenters. The normalized spacial score (nSPS) is 11.1. The Bertz CT molecular complexity index is 824. The Morgan fingerprint density at radius 1 is 1.23 bits per heavy atom. The van der Waals surface area contributed by atoms with Gasteiger partial charge in [-0.15, -0.1) is 0 Å². The predicted octanol–water partition coefficient (Wildman–Crippen LogP) is 2.84. The molecule has 0 saturated carbocycles. The number of nitrogens with one attached hydrogen (secondary N) is 1. The Morgan fingerprint density at radius 3 is 2.82 bits per heavy atom. The monoisotopic (exact) mass is 312 g/mol. The summed E-state index contributed by atoms with van der Waals surface area (Å²) in [7, 11) is 0. The third kappa shape index (κ3) is 3.32. The Labute approximate surface area is 132 Å². The number of hydrogen-bond acceptors (Lipinski definition) is 3. The molecule has 0 bridgehead atoms. The minimum Gasteiger partial charge on any atom is -0.321 e. The van der Waals surface area contributed by atoms with E-state index in [1.54, 1.807) is 29.2 Å². The van der Waals surface area contributed by atoms with E-state index in [1.807, 2.05) is 36.4 Å². The number of benzene rings is 2. The van der Waals surface area contributed by atoms with Crippen LogP contribution in [-0.4, -0.2) is 21.7 Å². The molecule has 0 radical (unpaired) electrons. The zero-order valence-corrected chi connectivity index (χ0v) is 12.4. The predicted molar refractivity (Wildman–Crippen MR) is 86.9 cm³/mol. The Morgan fingerprint density at radius 2 is 2.00 bits per heavy atom. The van der Waals surface area contributed by atoms with Gasteiger partial charge >= 0.3 is 0 Å². The van der Waals surface area contributed by atoms with Crippen molar-refractivity contribution in [3.63, 3.8) is 0 Å². The fourth-order valence-electron chi connectivity index (χ4n) is 2.05. The largest absolute Gasteiger partial charge is 0.321 e. The van der Waals surface area contributed by atoms with Gasteiger partial charge in [-0.05, 0) is 29.8 Å². The molecule has 1 N–H and O–H groups in total. The first kappa shape index (κ1) is 14.3. The highest BCUT2D eigenvalue weighted by Crippen LogP contribution is 2.11. The smallest absolute Gasteiger partial charge is 0.260 e. The van der Waals surface area contributed by atoms with Crippen LogP contribution in [-0.2, 0) is 11.3 Å². The van der Waals surface area contributed by atoms with Crippen molar-refractivity contribution >= 4 is 34.8 Å². The minimum atomic E-state index is -0.214. The van der Waals surface area contributed by atoms with Gasteiger partial charge in [-0.1, -0.05) is 35.9 Å². The maximum absolute atomic E-state index is 11.9. The fourth-order valence-corrected chi connectivity index (χ4v) is 2.18. The lowest BCUT2D eigenvalue weighted by Crippen LogP contribution is -2.22. The Hall–Kier alpha value is -2.66. The van der Waals surface area contributed by atoms with Gasteiger partial charge in [0.2, 0.25) is 0 Å². The molecule has 5 nitrogen and oxygen atoms in total. The van der Waals surface area contributed by atoms with Gasteiger partial charge in [-0.2, -0.15) is 5.10 Å². The molecule has 0 spiro atoms. The average molecular weight is 313 g/mol. The van der Waals surface area contributed by atoms with Gasteiger partial charge in [0.05, 0.1) is 23.6 Å². The number of rotatable bonds is 4. The number of fused-ring (bicyclic) bond motifs is 1. The third-order valence-corrected chi connectivity index (χ3v) is 3.37. The summed E-state index contributed by atoms with van der Waals surface area (Å²) in [5.41, 5.74) is 5.13. The van der Waals surface area contributed by atoms with E-state index >= 15 is 0 Å². The van der Waals surface area contributed by atoms with Crippen LogP contribution < -0.4 is 5.43 Å². The van der Waals surface area contributed by atoms with Crippen LogP contribution in [0, 0.1) is 0 Å². The molecular formula is C16H13ClN4O. The van der Waals surface area contributed by atoms with E-state index in [0.717, 1.165) is 16.6 Å². The molecule has 1 aromatic heterocycles. The first-order chi connectivity index (χ1) is 10.7. The van der Waals surface area contributed by atoms with Crippen molar-refractivity contribution in [1.82, 2.24) is 15.0 Å². The molecule has 1 amide bonds. The zero-order chi connectivity index (χ0) is 15.4. The van der Waals surface area contributed by atoms with Crippen molar-refractivity contribution in [3.05, 3.63) is 65.4 Å². The number of halogens is 1. The summed E-state index contributed by atoms with van der Waals surface area (Å²) in [5, 5.41) is 4.59. The first-order valence-electron chi connectivity index (χ1n) is 6.70. The molecule has 0 aliphatic carbocycles. The SMILES string of the molecule is O=C(Cn1cnc2ccccc21)NN=Cc1ccc(Cl)cc1. The van der Waals surface area contributed by atoms with Crippen molar-refractivity contribution < 1.29 is 4.79 Å². The summed E-state index contributed by atoms with van der Waals surface area (Å²) in [6.07, 6.45) is 3.22. The second-order valence-corrected chi connectivity index (χ2v) is 5.14. The molecule has 2 aromatic carbocycles. The molecule has 0 saturated heterocycles. The number of hydrazone groups is 1. The minimum absolute atomic E-state index is 0.165. The highest BCUT2D eigenvalue weighted by atomic mass is 35.5. The van der Waals surface area contributed by atoms with E-state index in [-0.39, 0.29) is 12.5 Å². The van der Waals surface area contributed by atoms with Crippen LogP contribution in [0.4, 0.5) is 0 Å². The molecule has 22 heavy (non-hydrogen) atoms. The number of aromatic nitrogens is 2. The van der Waals surface area contributed by atoms with Gasteiger partial charge in [0.15, 0.2) is 0 Å². The standard InChI is InChI=1S/C16H13ClN4O/c17-13-7-5-12(6-8-13)9-19-20-16(22)10-21-11-18-14-3-1-2-4-15(14)21/h1-9,11H,10H2,(H,20,22). The van der Waals surface area contributed by atoms with E-state index in [9.17, 15) is 4.79 Å². The molecule has 1 heterocycles. The fraction of sp³-hybridized carbons (Fsp3) is 0.0625. The number of imidazole rings is 1. The van der Waals surface area contributed by atoms with Gasteiger partial charge in [-0.25, -0.2) is 10.4 Å². The molecular weight excluding hydrogens is 300 g/mol. The summed E-state index contributed by atoms with van der Waals surface area (Å²) in [5.74, 6) is -0.214. The van der Waals surface area contributed by atoms with Gasteiger partial charge in [-0.3, -0.25) is 4.79 Å². The van der Waals surface area contributed by atoms with Crippen LogP contribution in [0.5, 0.6) is 0 Å². The lowest BCUT2D eigenvalue weighted by Gasteiger charge is -2.02. The number of para-hydroxylation sites is 2.